The summed E-state index contributed by atoms with van der Waals surface area (Å²) in [6, 6.07) is 0. The van der Waals surface area contributed by atoms with Crippen molar-refractivity contribution >= 4 is 0 Å². The Morgan fingerprint density at radius 3 is 2.47 bits per heavy atom. The zero-order valence-corrected chi connectivity index (χ0v) is 21.5. The van der Waals surface area contributed by atoms with Crippen LogP contribution in [0.5, 0.6) is 0 Å². The molecule has 0 radical (unpaired) electrons. The van der Waals surface area contributed by atoms with Crippen LogP contribution in [-0.4, -0.2) is 13.2 Å². The summed E-state index contributed by atoms with van der Waals surface area (Å²) >= 11 is 0. The van der Waals surface area contributed by atoms with Gasteiger partial charge in [-0.25, -0.2) is 0 Å². The van der Waals surface area contributed by atoms with Crippen LogP contribution in [0.15, 0.2) is 95.2 Å². The van der Waals surface area contributed by atoms with Crippen molar-refractivity contribution in [2.24, 2.45) is 5.41 Å². The fraction of sp³-hybridized carbons (Fsp3) is 0.484. The fourth-order valence-corrected chi connectivity index (χ4v) is 3.31. The van der Waals surface area contributed by atoms with Gasteiger partial charge in [-0.3, -0.25) is 0 Å². The van der Waals surface area contributed by atoms with Crippen molar-refractivity contribution in [3.63, 3.8) is 0 Å². The second-order valence-corrected chi connectivity index (χ2v) is 9.80. The van der Waals surface area contributed by atoms with Crippen LogP contribution in [0, 0.1) is 5.41 Å². The zero-order chi connectivity index (χ0) is 23.8. The molecular weight excluding hydrogens is 388 g/mol. The first-order chi connectivity index (χ1) is 15.3. The van der Waals surface area contributed by atoms with Gasteiger partial charge in [0.05, 0.1) is 13.2 Å². The molecule has 0 unspecified atom stereocenters. The van der Waals surface area contributed by atoms with Crippen LogP contribution >= 0.6 is 0 Å². The normalized spacial score (nSPS) is 16.6. The lowest BCUT2D eigenvalue weighted by atomic mass is 9.89. The molecule has 1 heteroatoms. The summed E-state index contributed by atoms with van der Waals surface area (Å²) in [7, 11) is 0. The summed E-state index contributed by atoms with van der Waals surface area (Å²) in [4.78, 5) is 0. The van der Waals surface area contributed by atoms with Crippen LogP contribution in [0.3, 0.4) is 0 Å². The van der Waals surface area contributed by atoms with Crippen molar-refractivity contribution in [3.05, 3.63) is 95.2 Å². The molecule has 0 aliphatic heterocycles. The molecule has 0 aromatic heterocycles. The first-order valence-electron chi connectivity index (χ1n) is 12.2. The predicted octanol–water partition coefficient (Wildman–Crippen LogP) is 9.39. The van der Waals surface area contributed by atoms with Gasteiger partial charge in [-0.2, -0.15) is 0 Å². The van der Waals surface area contributed by atoms with Crippen molar-refractivity contribution in [1.82, 2.24) is 0 Å². The van der Waals surface area contributed by atoms with E-state index in [9.17, 15) is 0 Å². The van der Waals surface area contributed by atoms with Gasteiger partial charge in [-0.15, -0.1) is 6.58 Å². The third-order valence-electron chi connectivity index (χ3n) is 5.42. The molecule has 32 heavy (non-hydrogen) atoms. The van der Waals surface area contributed by atoms with E-state index in [1.54, 1.807) is 6.08 Å². The standard InChI is InChI=1S/C31H46O/c1-8-11-13-29(14-12-24-32-23-9-2)30-19-17-27(18-20-30)15-16-28(25-26(4)10-3)21-22-31(5,6)7/h9-10,12-17,19,21H,2,8,11,18,20,22-25H2,1,3-7H3/b14-12-,16-15-,26-10-,28-21-,29-13+. The minimum Gasteiger partial charge on any atom is -0.373 e. The third-order valence-corrected chi connectivity index (χ3v) is 5.42. The summed E-state index contributed by atoms with van der Waals surface area (Å²) in [5, 5.41) is 0. The minimum atomic E-state index is 0.316. The maximum Gasteiger partial charge on any atom is 0.0654 e. The third kappa shape index (κ3) is 12.7. The summed E-state index contributed by atoms with van der Waals surface area (Å²) in [5.74, 6) is 0. The summed E-state index contributed by atoms with van der Waals surface area (Å²) in [5.41, 5.74) is 7.31. The molecule has 0 fully saturated rings. The number of hydrogen-bond donors (Lipinski definition) is 0. The Kier molecular flexibility index (Phi) is 13.6. The quantitative estimate of drug-likeness (QED) is 0.159. The summed E-state index contributed by atoms with van der Waals surface area (Å²) in [6.45, 7) is 18.4. The number of ether oxygens (including phenoxy) is 1. The highest BCUT2D eigenvalue weighted by Crippen LogP contribution is 2.27. The van der Waals surface area contributed by atoms with Gasteiger partial charge < -0.3 is 4.74 Å². The van der Waals surface area contributed by atoms with E-state index in [0.717, 1.165) is 38.5 Å². The Labute approximate surface area is 198 Å². The molecule has 1 aliphatic rings. The second-order valence-electron chi connectivity index (χ2n) is 9.80. The maximum atomic E-state index is 5.49. The van der Waals surface area contributed by atoms with E-state index in [2.05, 4.69) is 103 Å². The van der Waals surface area contributed by atoms with Gasteiger partial charge in [0.25, 0.3) is 0 Å². The molecule has 0 heterocycles. The van der Waals surface area contributed by atoms with Gasteiger partial charge in [-0.1, -0.05) is 100 Å². The molecule has 0 N–H and O–H groups in total. The Bertz CT molecular complexity index is 785. The van der Waals surface area contributed by atoms with Gasteiger partial charge in [0.2, 0.25) is 0 Å². The molecule has 0 bridgehead atoms. The Hall–Kier alpha value is -2.12. The van der Waals surface area contributed by atoms with Crippen LogP contribution in [0.2, 0.25) is 0 Å². The minimum absolute atomic E-state index is 0.316. The lowest BCUT2D eigenvalue weighted by Crippen LogP contribution is -2.02. The van der Waals surface area contributed by atoms with Crippen molar-refractivity contribution in [2.45, 2.75) is 80.1 Å². The van der Waals surface area contributed by atoms with Gasteiger partial charge in [0, 0.05) is 0 Å². The van der Waals surface area contributed by atoms with Crippen LogP contribution in [0.4, 0.5) is 0 Å². The highest BCUT2D eigenvalue weighted by molar-refractivity contribution is 5.46. The Balaban J connectivity index is 2.94. The molecule has 176 valence electrons. The average Bonchev–Trinajstić information content (AvgIpc) is 2.77. The molecule has 1 aliphatic carbocycles. The van der Waals surface area contributed by atoms with E-state index in [4.69, 9.17) is 4.74 Å². The van der Waals surface area contributed by atoms with Crippen molar-refractivity contribution in [1.29, 1.82) is 0 Å². The molecule has 0 aromatic carbocycles. The molecular formula is C31H46O. The first kappa shape index (κ1) is 27.9. The van der Waals surface area contributed by atoms with Gasteiger partial charge >= 0.3 is 0 Å². The van der Waals surface area contributed by atoms with Gasteiger partial charge in [-0.05, 0) is 73.7 Å². The highest BCUT2D eigenvalue weighted by atomic mass is 16.5. The van der Waals surface area contributed by atoms with E-state index in [1.807, 2.05) is 0 Å². The lowest BCUT2D eigenvalue weighted by Gasteiger charge is -2.16. The van der Waals surface area contributed by atoms with Gasteiger partial charge in [0.15, 0.2) is 0 Å². The molecule has 0 atom stereocenters. The maximum absolute atomic E-state index is 5.49. The van der Waals surface area contributed by atoms with E-state index in [0.29, 0.717) is 18.6 Å². The Morgan fingerprint density at radius 2 is 1.88 bits per heavy atom. The number of allylic oxidation sites excluding steroid dienone is 13. The molecule has 0 saturated heterocycles. The largest absolute Gasteiger partial charge is 0.373 e. The van der Waals surface area contributed by atoms with Gasteiger partial charge in [0.1, 0.15) is 0 Å². The molecule has 0 spiro atoms. The summed E-state index contributed by atoms with van der Waals surface area (Å²) in [6.07, 6.45) is 28.9. The molecule has 1 nitrogen and oxygen atoms in total. The Morgan fingerprint density at radius 1 is 1.09 bits per heavy atom. The summed E-state index contributed by atoms with van der Waals surface area (Å²) < 4.78 is 5.49. The predicted molar refractivity (Wildman–Crippen MR) is 144 cm³/mol. The van der Waals surface area contributed by atoms with E-state index in [1.165, 1.54) is 27.9 Å². The highest BCUT2D eigenvalue weighted by Gasteiger charge is 2.10. The van der Waals surface area contributed by atoms with Crippen LogP contribution in [0.25, 0.3) is 0 Å². The SMILES string of the molecule is C=CCOC/C=C\C(=C/CCC)C1=CC=C(/C=C\C(=C\CC(C)(C)C)C/C(C)=C\C)CC1. The number of unbranched alkanes of at least 4 members (excludes halogenated alkanes) is 1. The average molecular weight is 435 g/mol. The van der Waals surface area contributed by atoms with E-state index in [-0.39, 0.29) is 0 Å². The topological polar surface area (TPSA) is 9.23 Å². The molecule has 1 rings (SSSR count). The smallest absolute Gasteiger partial charge is 0.0654 e. The second kappa shape index (κ2) is 15.6. The number of hydrogen-bond acceptors (Lipinski definition) is 1. The molecule has 0 saturated carbocycles. The molecule has 0 aromatic rings. The monoisotopic (exact) mass is 434 g/mol. The zero-order valence-electron chi connectivity index (χ0n) is 21.5. The van der Waals surface area contributed by atoms with Crippen LogP contribution in [-0.2, 0) is 4.74 Å². The van der Waals surface area contributed by atoms with E-state index < -0.39 is 0 Å². The molecule has 0 amide bonds. The fourth-order valence-electron chi connectivity index (χ4n) is 3.31. The van der Waals surface area contributed by atoms with Crippen LogP contribution in [0.1, 0.15) is 80.1 Å². The van der Waals surface area contributed by atoms with Crippen molar-refractivity contribution < 1.29 is 4.74 Å². The number of rotatable bonds is 13. The van der Waals surface area contributed by atoms with Crippen LogP contribution < -0.4 is 0 Å². The van der Waals surface area contributed by atoms with E-state index >= 15 is 0 Å². The van der Waals surface area contributed by atoms with Crippen molar-refractivity contribution in [3.8, 4) is 0 Å². The van der Waals surface area contributed by atoms with Crippen molar-refractivity contribution in [2.75, 3.05) is 13.2 Å². The first-order valence-corrected chi connectivity index (χ1v) is 12.2. The lowest BCUT2D eigenvalue weighted by molar-refractivity contribution is 0.194.